The molecule has 0 saturated carbocycles. The van der Waals surface area contributed by atoms with Crippen LogP contribution >= 0.6 is 12.2 Å². The van der Waals surface area contributed by atoms with E-state index in [9.17, 15) is 4.79 Å². The van der Waals surface area contributed by atoms with E-state index >= 15 is 0 Å². The number of piperidine rings is 1. The van der Waals surface area contributed by atoms with Crippen LogP contribution in [0.4, 0.5) is 0 Å². The molecule has 1 aliphatic rings. The zero-order valence-corrected chi connectivity index (χ0v) is 13.1. The van der Waals surface area contributed by atoms with Gasteiger partial charge in [0.25, 0.3) is 5.91 Å². The summed E-state index contributed by atoms with van der Waals surface area (Å²) in [6.07, 6.45) is 1.83. The average molecular weight is 308 g/mol. The molecule has 5 nitrogen and oxygen atoms in total. The van der Waals surface area contributed by atoms with Crippen LogP contribution in [0.1, 0.15) is 23.2 Å². The van der Waals surface area contributed by atoms with E-state index < -0.39 is 0 Å². The second kappa shape index (κ2) is 6.76. The van der Waals surface area contributed by atoms with Crippen molar-refractivity contribution in [3.8, 4) is 11.5 Å². The van der Waals surface area contributed by atoms with Crippen LogP contribution in [-0.4, -0.2) is 43.1 Å². The molecule has 1 aromatic carbocycles. The molecule has 0 radical (unpaired) electrons. The van der Waals surface area contributed by atoms with Gasteiger partial charge in [-0.05, 0) is 25.0 Å². The molecule has 0 bridgehead atoms. The van der Waals surface area contributed by atoms with Crippen molar-refractivity contribution < 1.29 is 14.3 Å². The topological polar surface area (TPSA) is 64.8 Å². The van der Waals surface area contributed by atoms with Gasteiger partial charge >= 0.3 is 0 Å². The van der Waals surface area contributed by atoms with Crippen molar-refractivity contribution in [2.75, 3.05) is 27.3 Å². The van der Waals surface area contributed by atoms with Crippen molar-refractivity contribution in [1.82, 2.24) is 4.90 Å². The first-order valence-corrected chi connectivity index (χ1v) is 7.29. The molecule has 1 saturated heterocycles. The molecule has 1 amide bonds. The largest absolute Gasteiger partial charge is 0.496 e. The summed E-state index contributed by atoms with van der Waals surface area (Å²) in [6, 6.07) is 5.30. The first-order valence-electron chi connectivity index (χ1n) is 6.88. The summed E-state index contributed by atoms with van der Waals surface area (Å²) < 4.78 is 10.6. The molecule has 1 heterocycles. The molecule has 114 valence electrons. The number of nitrogens with two attached hydrogens (primary N) is 1. The molecule has 0 aromatic heterocycles. The molecule has 1 fully saturated rings. The van der Waals surface area contributed by atoms with Crippen molar-refractivity contribution in [3.63, 3.8) is 0 Å². The number of rotatable bonds is 4. The predicted molar refractivity (Wildman–Crippen MR) is 85.0 cm³/mol. The molecule has 21 heavy (non-hydrogen) atoms. The highest BCUT2D eigenvalue weighted by molar-refractivity contribution is 7.80. The van der Waals surface area contributed by atoms with E-state index in [2.05, 4.69) is 0 Å². The smallest absolute Gasteiger partial charge is 0.261 e. The van der Waals surface area contributed by atoms with Gasteiger partial charge in [0.05, 0.1) is 19.2 Å². The Labute approximate surface area is 130 Å². The number of carbonyl (C=O) groups is 1. The summed E-state index contributed by atoms with van der Waals surface area (Å²) in [5.74, 6) is 0.997. The van der Waals surface area contributed by atoms with Gasteiger partial charge in [0.15, 0.2) is 0 Å². The zero-order chi connectivity index (χ0) is 15.4. The SMILES string of the molecule is COc1cccc(OC)c1C(=O)N1CCCC(C(N)=S)C1. The van der Waals surface area contributed by atoms with Crippen molar-refractivity contribution in [2.45, 2.75) is 12.8 Å². The van der Waals surface area contributed by atoms with Gasteiger partial charge < -0.3 is 20.1 Å². The lowest BCUT2D eigenvalue weighted by molar-refractivity contribution is 0.0696. The van der Waals surface area contributed by atoms with Crippen LogP contribution in [0.15, 0.2) is 18.2 Å². The Kier molecular flexibility index (Phi) is 5.01. The second-order valence-electron chi connectivity index (χ2n) is 5.03. The summed E-state index contributed by atoms with van der Waals surface area (Å²) in [6.45, 7) is 1.24. The molecular weight excluding hydrogens is 288 g/mol. The normalized spacial score (nSPS) is 18.2. The highest BCUT2D eigenvalue weighted by atomic mass is 32.1. The summed E-state index contributed by atoms with van der Waals surface area (Å²) >= 11 is 5.06. The Morgan fingerprint density at radius 2 is 1.95 bits per heavy atom. The van der Waals surface area contributed by atoms with Gasteiger partial charge in [0, 0.05) is 19.0 Å². The number of benzene rings is 1. The van der Waals surface area contributed by atoms with Crippen molar-refractivity contribution in [3.05, 3.63) is 23.8 Å². The maximum atomic E-state index is 12.8. The minimum Gasteiger partial charge on any atom is -0.496 e. The molecule has 1 unspecified atom stereocenters. The summed E-state index contributed by atoms with van der Waals surface area (Å²) in [5, 5.41) is 0. The number of ether oxygens (including phenoxy) is 2. The molecule has 1 atom stereocenters. The fraction of sp³-hybridized carbons (Fsp3) is 0.467. The van der Waals surface area contributed by atoms with Crippen LogP contribution in [0.2, 0.25) is 0 Å². The second-order valence-corrected chi connectivity index (χ2v) is 5.50. The number of methoxy groups -OCH3 is 2. The summed E-state index contributed by atoms with van der Waals surface area (Å²) in [5.41, 5.74) is 6.17. The number of nitrogens with zero attached hydrogens (tertiary/aromatic N) is 1. The molecule has 1 aliphatic heterocycles. The highest BCUT2D eigenvalue weighted by Gasteiger charge is 2.29. The zero-order valence-electron chi connectivity index (χ0n) is 12.3. The van der Waals surface area contributed by atoms with Gasteiger partial charge in [0.1, 0.15) is 17.1 Å². The summed E-state index contributed by atoms with van der Waals surface area (Å²) in [4.78, 5) is 15.1. The van der Waals surface area contributed by atoms with Gasteiger partial charge in [-0.1, -0.05) is 18.3 Å². The lowest BCUT2D eigenvalue weighted by atomic mass is 9.97. The first-order chi connectivity index (χ1) is 10.1. The van der Waals surface area contributed by atoms with Crippen molar-refractivity contribution in [2.24, 2.45) is 11.7 Å². The number of hydrogen-bond donors (Lipinski definition) is 1. The van der Waals surface area contributed by atoms with Gasteiger partial charge in [-0.2, -0.15) is 0 Å². The Balaban J connectivity index is 2.29. The molecule has 6 heteroatoms. The number of carbonyl (C=O) groups excluding carboxylic acids is 1. The van der Waals surface area contributed by atoms with E-state index in [-0.39, 0.29) is 11.8 Å². The fourth-order valence-corrected chi connectivity index (χ4v) is 2.81. The van der Waals surface area contributed by atoms with Gasteiger partial charge in [-0.3, -0.25) is 4.79 Å². The average Bonchev–Trinajstić information content (AvgIpc) is 2.53. The van der Waals surface area contributed by atoms with Crippen LogP contribution in [0.5, 0.6) is 11.5 Å². The van der Waals surface area contributed by atoms with E-state index in [0.717, 1.165) is 12.8 Å². The van der Waals surface area contributed by atoms with Gasteiger partial charge in [-0.25, -0.2) is 0 Å². The van der Waals surface area contributed by atoms with E-state index in [1.54, 1.807) is 37.3 Å². The Hall–Kier alpha value is -1.82. The third kappa shape index (κ3) is 3.26. The minimum atomic E-state index is -0.106. The standard InChI is InChI=1S/C15H20N2O3S/c1-19-11-6-3-7-12(20-2)13(11)15(18)17-8-4-5-10(9-17)14(16)21/h3,6-7,10H,4-5,8-9H2,1-2H3,(H2,16,21). The number of hydrogen-bond acceptors (Lipinski definition) is 4. The van der Waals surface area contributed by atoms with Crippen LogP contribution < -0.4 is 15.2 Å². The lowest BCUT2D eigenvalue weighted by Crippen LogP contribution is -2.43. The quantitative estimate of drug-likeness (QED) is 0.860. The molecule has 2 N–H and O–H groups in total. The van der Waals surface area contributed by atoms with Crippen molar-refractivity contribution >= 4 is 23.1 Å². The highest BCUT2D eigenvalue weighted by Crippen LogP contribution is 2.31. The molecular formula is C15H20N2O3S. The van der Waals surface area contributed by atoms with Crippen LogP contribution in [-0.2, 0) is 0 Å². The minimum absolute atomic E-state index is 0.0819. The fourth-order valence-electron chi connectivity index (χ4n) is 2.61. The monoisotopic (exact) mass is 308 g/mol. The molecule has 0 spiro atoms. The summed E-state index contributed by atoms with van der Waals surface area (Å²) in [7, 11) is 3.08. The number of amides is 1. The third-order valence-corrected chi connectivity index (χ3v) is 4.09. The molecule has 0 aliphatic carbocycles. The number of likely N-dealkylation sites (tertiary alicyclic amines) is 1. The van der Waals surface area contributed by atoms with Gasteiger partial charge in [-0.15, -0.1) is 0 Å². The Bertz CT molecular complexity index is 525. The van der Waals surface area contributed by atoms with Crippen LogP contribution in [0, 0.1) is 5.92 Å². The Morgan fingerprint density at radius 3 is 2.48 bits per heavy atom. The van der Waals surface area contributed by atoms with Crippen molar-refractivity contribution in [1.29, 1.82) is 0 Å². The van der Waals surface area contributed by atoms with E-state index in [1.165, 1.54) is 0 Å². The maximum absolute atomic E-state index is 12.8. The Morgan fingerprint density at radius 1 is 1.33 bits per heavy atom. The lowest BCUT2D eigenvalue weighted by Gasteiger charge is -2.32. The van der Waals surface area contributed by atoms with Crippen LogP contribution in [0.25, 0.3) is 0 Å². The predicted octanol–water partition coefficient (Wildman–Crippen LogP) is 1.84. The van der Waals surface area contributed by atoms with E-state index in [4.69, 9.17) is 27.4 Å². The van der Waals surface area contributed by atoms with Crippen LogP contribution in [0.3, 0.4) is 0 Å². The van der Waals surface area contributed by atoms with E-state index in [1.807, 2.05) is 0 Å². The molecule has 2 rings (SSSR count). The first kappa shape index (κ1) is 15.6. The van der Waals surface area contributed by atoms with Gasteiger partial charge in [0.2, 0.25) is 0 Å². The number of thiocarbonyl (C=S) groups is 1. The van der Waals surface area contributed by atoms with E-state index in [0.29, 0.717) is 35.1 Å². The maximum Gasteiger partial charge on any atom is 0.261 e. The molecule has 1 aromatic rings. The third-order valence-electron chi connectivity index (χ3n) is 3.75.